The Bertz CT molecular complexity index is 224. The fourth-order valence-corrected chi connectivity index (χ4v) is 0.544. The number of aromatic carboxylic acids is 1. The highest BCUT2D eigenvalue weighted by atomic mass is 16.4. The second-order valence-corrected chi connectivity index (χ2v) is 1.70. The molecule has 1 heterocycles. The van der Waals surface area contributed by atoms with Crippen LogP contribution in [0.3, 0.4) is 0 Å². The van der Waals surface area contributed by atoms with Gasteiger partial charge in [-0.25, -0.2) is 0 Å². The van der Waals surface area contributed by atoms with Gasteiger partial charge in [-0.3, -0.25) is 0 Å². The fourth-order valence-electron chi connectivity index (χ4n) is 0.544. The van der Waals surface area contributed by atoms with Crippen molar-refractivity contribution in [3.63, 3.8) is 0 Å². The zero-order valence-electron chi connectivity index (χ0n) is 4.88. The topological polar surface area (TPSA) is 53.3 Å². The SMILES string of the molecule is Cc1ccc(C(=O)[O-])o1. The first kappa shape index (κ1) is 5.88. The highest BCUT2D eigenvalue weighted by molar-refractivity contribution is 5.82. The zero-order valence-corrected chi connectivity index (χ0v) is 4.88. The summed E-state index contributed by atoms with van der Waals surface area (Å²) >= 11 is 0. The van der Waals surface area contributed by atoms with Gasteiger partial charge < -0.3 is 14.3 Å². The second kappa shape index (κ2) is 1.93. The van der Waals surface area contributed by atoms with E-state index in [4.69, 9.17) is 0 Å². The first-order valence-electron chi connectivity index (χ1n) is 2.48. The van der Waals surface area contributed by atoms with Gasteiger partial charge >= 0.3 is 0 Å². The Morgan fingerprint density at radius 2 is 2.33 bits per heavy atom. The number of carbonyl (C=O) groups is 1. The first-order chi connectivity index (χ1) is 4.20. The quantitative estimate of drug-likeness (QED) is 0.528. The summed E-state index contributed by atoms with van der Waals surface area (Å²) in [5.74, 6) is -0.815. The van der Waals surface area contributed by atoms with E-state index < -0.39 is 5.97 Å². The van der Waals surface area contributed by atoms with Crippen LogP contribution in [0.5, 0.6) is 0 Å². The van der Waals surface area contributed by atoms with Crippen LogP contribution in [0.1, 0.15) is 16.3 Å². The predicted molar refractivity (Wildman–Crippen MR) is 27.8 cm³/mol. The Morgan fingerprint density at radius 3 is 2.56 bits per heavy atom. The van der Waals surface area contributed by atoms with Crippen LogP contribution in [0, 0.1) is 6.92 Å². The molecule has 9 heavy (non-hydrogen) atoms. The third-order valence-electron chi connectivity index (χ3n) is 0.942. The van der Waals surface area contributed by atoms with Crippen LogP contribution >= 0.6 is 0 Å². The summed E-state index contributed by atoms with van der Waals surface area (Å²) < 4.78 is 4.68. The van der Waals surface area contributed by atoms with Gasteiger partial charge in [-0.2, -0.15) is 0 Å². The van der Waals surface area contributed by atoms with E-state index in [9.17, 15) is 9.90 Å². The Morgan fingerprint density at radius 1 is 1.67 bits per heavy atom. The molecule has 0 saturated carbocycles. The maximum absolute atomic E-state index is 10.0. The molecule has 0 radical (unpaired) electrons. The highest BCUT2D eigenvalue weighted by Crippen LogP contribution is 2.03. The molecule has 0 bridgehead atoms. The molecule has 3 nitrogen and oxygen atoms in total. The molecule has 0 aromatic carbocycles. The van der Waals surface area contributed by atoms with Crippen molar-refractivity contribution in [3.8, 4) is 0 Å². The number of carboxylic acid groups (broad SMARTS) is 1. The molecule has 48 valence electrons. The lowest BCUT2D eigenvalue weighted by Crippen LogP contribution is -2.21. The molecular weight excluding hydrogens is 120 g/mol. The van der Waals surface area contributed by atoms with Crippen molar-refractivity contribution in [2.45, 2.75) is 6.92 Å². The number of hydrogen-bond donors (Lipinski definition) is 0. The molecular formula is C6H5O3-. The molecule has 0 atom stereocenters. The average molecular weight is 125 g/mol. The Labute approximate surface area is 51.9 Å². The van der Waals surface area contributed by atoms with Gasteiger partial charge in [0.1, 0.15) is 17.5 Å². The smallest absolute Gasteiger partial charge is 0.149 e. The Balaban J connectivity index is 2.98. The van der Waals surface area contributed by atoms with Crippen molar-refractivity contribution in [2.75, 3.05) is 0 Å². The molecule has 0 saturated heterocycles. The van der Waals surface area contributed by atoms with E-state index in [0.717, 1.165) is 0 Å². The lowest BCUT2D eigenvalue weighted by atomic mass is 10.4. The fraction of sp³-hybridized carbons (Fsp3) is 0.167. The number of hydrogen-bond acceptors (Lipinski definition) is 3. The summed E-state index contributed by atoms with van der Waals surface area (Å²) in [6.45, 7) is 1.67. The minimum Gasteiger partial charge on any atom is -0.542 e. The van der Waals surface area contributed by atoms with Crippen LogP contribution in [0.15, 0.2) is 16.5 Å². The van der Waals surface area contributed by atoms with Crippen molar-refractivity contribution in [1.29, 1.82) is 0 Å². The van der Waals surface area contributed by atoms with E-state index in [-0.39, 0.29) is 5.76 Å². The molecule has 0 spiro atoms. The average Bonchev–Trinajstić information content (AvgIpc) is 2.14. The van der Waals surface area contributed by atoms with Crippen molar-refractivity contribution in [1.82, 2.24) is 0 Å². The van der Waals surface area contributed by atoms with E-state index in [1.807, 2.05) is 0 Å². The lowest BCUT2D eigenvalue weighted by molar-refractivity contribution is -0.257. The maximum Gasteiger partial charge on any atom is 0.149 e. The second-order valence-electron chi connectivity index (χ2n) is 1.70. The van der Waals surface area contributed by atoms with Gasteiger partial charge in [0.2, 0.25) is 0 Å². The van der Waals surface area contributed by atoms with Crippen LogP contribution < -0.4 is 5.11 Å². The van der Waals surface area contributed by atoms with Gasteiger partial charge in [-0.05, 0) is 19.1 Å². The third kappa shape index (κ3) is 1.10. The number of carbonyl (C=O) groups excluding carboxylic acids is 1. The third-order valence-corrected chi connectivity index (χ3v) is 0.942. The number of furan rings is 1. The van der Waals surface area contributed by atoms with Gasteiger partial charge in [0.15, 0.2) is 0 Å². The first-order valence-corrected chi connectivity index (χ1v) is 2.48. The molecule has 0 aliphatic carbocycles. The monoisotopic (exact) mass is 125 g/mol. The van der Waals surface area contributed by atoms with E-state index in [2.05, 4.69) is 4.42 Å². The summed E-state index contributed by atoms with van der Waals surface area (Å²) in [4.78, 5) is 10.0. The minimum absolute atomic E-state index is 0.118. The van der Waals surface area contributed by atoms with Gasteiger partial charge in [-0.1, -0.05) is 0 Å². The van der Waals surface area contributed by atoms with Crippen molar-refractivity contribution in [3.05, 3.63) is 23.7 Å². The van der Waals surface area contributed by atoms with Crippen LogP contribution in [0.2, 0.25) is 0 Å². The van der Waals surface area contributed by atoms with Crippen LogP contribution in [-0.4, -0.2) is 5.97 Å². The van der Waals surface area contributed by atoms with Gasteiger partial charge in [0, 0.05) is 0 Å². The summed E-state index contributed by atoms with van der Waals surface area (Å²) in [7, 11) is 0. The molecule has 1 aromatic rings. The number of aryl methyl sites for hydroxylation is 1. The van der Waals surface area contributed by atoms with Gasteiger partial charge in [0.25, 0.3) is 0 Å². The molecule has 0 unspecified atom stereocenters. The lowest BCUT2D eigenvalue weighted by Gasteiger charge is -1.92. The molecule has 0 amide bonds. The molecule has 0 aliphatic rings. The zero-order chi connectivity index (χ0) is 6.85. The van der Waals surface area contributed by atoms with E-state index >= 15 is 0 Å². The van der Waals surface area contributed by atoms with Crippen molar-refractivity contribution < 1.29 is 14.3 Å². The summed E-state index contributed by atoms with van der Waals surface area (Å²) in [6, 6.07) is 2.94. The summed E-state index contributed by atoms with van der Waals surface area (Å²) in [6.07, 6.45) is 0. The van der Waals surface area contributed by atoms with E-state index in [0.29, 0.717) is 5.76 Å². The van der Waals surface area contributed by atoms with Crippen LogP contribution in [-0.2, 0) is 0 Å². The standard InChI is InChI=1S/C6H6O3/c1-4-2-3-5(9-4)6(7)8/h2-3H,1H3,(H,7,8)/p-1. The Kier molecular flexibility index (Phi) is 1.26. The molecule has 0 N–H and O–H groups in total. The van der Waals surface area contributed by atoms with Crippen molar-refractivity contribution >= 4 is 5.97 Å². The summed E-state index contributed by atoms with van der Waals surface area (Å²) in [5.41, 5.74) is 0. The number of carboxylic acids is 1. The van der Waals surface area contributed by atoms with E-state index in [1.165, 1.54) is 6.07 Å². The normalized spacial score (nSPS) is 9.44. The van der Waals surface area contributed by atoms with Crippen LogP contribution in [0.25, 0.3) is 0 Å². The Hall–Kier alpha value is -1.25. The van der Waals surface area contributed by atoms with E-state index in [1.54, 1.807) is 13.0 Å². The molecule has 0 fully saturated rings. The van der Waals surface area contributed by atoms with Crippen molar-refractivity contribution in [2.24, 2.45) is 0 Å². The molecule has 1 aromatic heterocycles. The minimum atomic E-state index is -1.27. The largest absolute Gasteiger partial charge is 0.542 e. The number of rotatable bonds is 1. The maximum atomic E-state index is 10.0. The summed E-state index contributed by atoms with van der Waals surface area (Å²) in [5, 5.41) is 10.0. The molecule has 1 rings (SSSR count). The van der Waals surface area contributed by atoms with Gasteiger partial charge in [-0.15, -0.1) is 0 Å². The van der Waals surface area contributed by atoms with Crippen LogP contribution in [0.4, 0.5) is 0 Å². The molecule has 3 heteroatoms. The molecule has 0 aliphatic heterocycles. The highest BCUT2D eigenvalue weighted by Gasteiger charge is 1.95. The predicted octanol–water partition coefficient (Wildman–Crippen LogP) is -0.0485. The van der Waals surface area contributed by atoms with Gasteiger partial charge in [0.05, 0.1) is 0 Å².